The van der Waals surface area contributed by atoms with Crippen molar-refractivity contribution in [1.82, 2.24) is 9.88 Å². The molecule has 0 atom stereocenters. The number of hydrogen-bond donors (Lipinski definition) is 2. The van der Waals surface area contributed by atoms with E-state index in [1.807, 2.05) is 34.5 Å². The Labute approximate surface area is 127 Å². The first-order chi connectivity index (χ1) is 9.74. The highest BCUT2D eigenvalue weighted by atomic mass is 35.5. The molecule has 0 aliphatic heterocycles. The summed E-state index contributed by atoms with van der Waals surface area (Å²) >= 11 is 7.71. The van der Waals surface area contributed by atoms with E-state index in [1.165, 1.54) is 0 Å². The van der Waals surface area contributed by atoms with Crippen LogP contribution in [0.25, 0.3) is 10.6 Å². The van der Waals surface area contributed by atoms with Gasteiger partial charge in [0.1, 0.15) is 5.01 Å². The second-order valence-electron chi connectivity index (χ2n) is 4.35. The first-order valence-electron chi connectivity index (χ1n) is 6.38. The summed E-state index contributed by atoms with van der Waals surface area (Å²) in [4.78, 5) is 6.54. The summed E-state index contributed by atoms with van der Waals surface area (Å²) in [5.41, 5.74) is 1.85. The third kappa shape index (κ3) is 4.01. The highest BCUT2D eigenvalue weighted by Crippen LogP contribution is 2.30. The number of benzene rings is 1. The Morgan fingerprint density at radius 1 is 1.15 bits per heavy atom. The fraction of sp³-hybridized carbons (Fsp3) is 0.357. The van der Waals surface area contributed by atoms with E-state index < -0.39 is 0 Å². The van der Waals surface area contributed by atoms with Crippen molar-refractivity contribution >= 4 is 22.9 Å². The first-order valence-corrected chi connectivity index (χ1v) is 7.63. The molecule has 2 aromatic rings. The predicted molar refractivity (Wildman–Crippen MR) is 82.0 cm³/mol. The molecule has 0 amide bonds. The van der Waals surface area contributed by atoms with Gasteiger partial charge in [-0.25, -0.2) is 4.98 Å². The molecule has 1 heterocycles. The minimum atomic E-state index is 0.0709. The van der Waals surface area contributed by atoms with Gasteiger partial charge < -0.3 is 10.2 Å². The van der Waals surface area contributed by atoms with Crippen molar-refractivity contribution in [3.63, 3.8) is 0 Å². The summed E-state index contributed by atoms with van der Waals surface area (Å²) in [6.07, 6.45) is 0. The number of hydrogen-bond acceptors (Lipinski definition) is 5. The SMILES string of the molecule is OCCN(CCO)Cc1csc(-c2ccccc2Cl)n1. The normalized spacial score (nSPS) is 11.2. The second-order valence-corrected chi connectivity index (χ2v) is 5.61. The molecule has 1 aromatic carbocycles. The summed E-state index contributed by atoms with van der Waals surface area (Å²) in [5, 5.41) is 21.6. The molecule has 0 bridgehead atoms. The van der Waals surface area contributed by atoms with Crippen molar-refractivity contribution in [3.05, 3.63) is 40.4 Å². The van der Waals surface area contributed by atoms with Crippen LogP contribution in [0.4, 0.5) is 0 Å². The molecule has 0 aliphatic rings. The zero-order valence-electron chi connectivity index (χ0n) is 11.0. The standard InChI is InChI=1S/C14H17ClN2O2S/c15-13-4-2-1-3-12(13)14-16-11(10-20-14)9-17(5-7-18)6-8-19/h1-4,10,18-19H,5-9H2. The number of nitrogens with zero attached hydrogens (tertiary/aromatic N) is 2. The van der Waals surface area contributed by atoms with Gasteiger partial charge in [0.25, 0.3) is 0 Å². The number of aliphatic hydroxyl groups excluding tert-OH is 2. The van der Waals surface area contributed by atoms with Gasteiger partial charge in [0, 0.05) is 30.6 Å². The Morgan fingerprint density at radius 3 is 2.50 bits per heavy atom. The smallest absolute Gasteiger partial charge is 0.125 e. The van der Waals surface area contributed by atoms with E-state index in [2.05, 4.69) is 4.98 Å². The average Bonchev–Trinajstić information content (AvgIpc) is 2.88. The highest BCUT2D eigenvalue weighted by Gasteiger charge is 2.11. The quantitative estimate of drug-likeness (QED) is 0.823. The van der Waals surface area contributed by atoms with Gasteiger partial charge >= 0.3 is 0 Å². The molecule has 6 heteroatoms. The molecule has 0 fully saturated rings. The summed E-state index contributed by atoms with van der Waals surface area (Å²) in [5.74, 6) is 0. The molecule has 0 unspecified atom stereocenters. The molecule has 108 valence electrons. The van der Waals surface area contributed by atoms with Crippen LogP contribution in [0.1, 0.15) is 5.69 Å². The number of thiazole rings is 1. The number of aromatic nitrogens is 1. The van der Waals surface area contributed by atoms with E-state index in [0.29, 0.717) is 24.7 Å². The maximum atomic E-state index is 9.00. The second kappa shape index (κ2) is 7.71. The maximum absolute atomic E-state index is 9.00. The third-order valence-corrected chi connectivity index (χ3v) is 4.13. The molecule has 20 heavy (non-hydrogen) atoms. The van der Waals surface area contributed by atoms with Crippen LogP contribution in [-0.4, -0.2) is 46.4 Å². The van der Waals surface area contributed by atoms with E-state index >= 15 is 0 Å². The lowest BCUT2D eigenvalue weighted by Crippen LogP contribution is -2.29. The summed E-state index contributed by atoms with van der Waals surface area (Å²) < 4.78 is 0. The van der Waals surface area contributed by atoms with E-state index in [1.54, 1.807) is 11.3 Å². The van der Waals surface area contributed by atoms with Crippen molar-refractivity contribution in [2.75, 3.05) is 26.3 Å². The molecule has 4 nitrogen and oxygen atoms in total. The van der Waals surface area contributed by atoms with Crippen LogP contribution in [-0.2, 0) is 6.54 Å². The molecule has 2 rings (SSSR count). The van der Waals surface area contributed by atoms with Gasteiger partial charge in [-0.1, -0.05) is 29.8 Å². The minimum absolute atomic E-state index is 0.0709. The summed E-state index contributed by atoms with van der Waals surface area (Å²) in [7, 11) is 0. The van der Waals surface area contributed by atoms with Crippen molar-refractivity contribution in [2.24, 2.45) is 0 Å². The Kier molecular flexibility index (Phi) is 5.94. The van der Waals surface area contributed by atoms with Crippen LogP contribution in [0.2, 0.25) is 5.02 Å². The van der Waals surface area contributed by atoms with Gasteiger partial charge in [0.05, 0.1) is 23.9 Å². The Morgan fingerprint density at radius 2 is 1.85 bits per heavy atom. The third-order valence-electron chi connectivity index (χ3n) is 2.87. The zero-order valence-corrected chi connectivity index (χ0v) is 12.6. The first kappa shape index (κ1) is 15.4. The molecule has 0 saturated heterocycles. The fourth-order valence-corrected chi connectivity index (χ4v) is 3.05. The van der Waals surface area contributed by atoms with E-state index in [4.69, 9.17) is 21.8 Å². The topological polar surface area (TPSA) is 56.6 Å². The van der Waals surface area contributed by atoms with Gasteiger partial charge in [-0.3, -0.25) is 4.90 Å². The van der Waals surface area contributed by atoms with Crippen LogP contribution >= 0.6 is 22.9 Å². The van der Waals surface area contributed by atoms with Crippen LogP contribution in [0, 0.1) is 0 Å². The Bertz CT molecular complexity index is 541. The largest absolute Gasteiger partial charge is 0.395 e. The van der Waals surface area contributed by atoms with Crippen LogP contribution in [0.3, 0.4) is 0 Å². The minimum Gasteiger partial charge on any atom is -0.395 e. The number of aliphatic hydroxyl groups is 2. The summed E-state index contributed by atoms with van der Waals surface area (Å²) in [6.45, 7) is 1.81. The molecule has 0 radical (unpaired) electrons. The van der Waals surface area contributed by atoms with E-state index in [-0.39, 0.29) is 13.2 Å². The maximum Gasteiger partial charge on any atom is 0.125 e. The lowest BCUT2D eigenvalue weighted by Gasteiger charge is -2.18. The molecule has 2 N–H and O–H groups in total. The van der Waals surface area contributed by atoms with Gasteiger partial charge in [0.2, 0.25) is 0 Å². The fourth-order valence-electron chi connectivity index (χ4n) is 1.92. The molecular weight excluding hydrogens is 296 g/mol. The molecule has 0 saturated carbocycles. The number of rotatable bonds is 7. The van der Waals surface area contributed by atoms with Crippen molar-refractivity contribution in [1.29, 1.82) is 0 Å². The lowest BCUT2D eigenvalue weighted by molar-refractivity contribution is 0.155. The average molecular weight is 313 g/mol. The Balaban J connectivity index is 2.10. The van der Waals surface area contributed by atoms with Crippen molar-refractivity contribution in [2.45, 2.75) is 6.54 Å². The van der Waals surface area contributed by atoms with Gasteiger partial charge in [-0.05, 0) is 6.07 Å². The van der Waals surface area contributed by atoms with Gasteiger partial charge in [0.15, 0.2) is 0 Å². The monoisotopic (exact) mass is 312 g/mol. The molecule has 0 aliphatic carbocycles. The summed E-state index contributed by atoms with van der Waals surface area (Å²) in [6, 6.07) is 7.63. The molecular formula is C14H17ClN2O2S. The predicted octanol–water partition coefficient (Wildman–Crippen LogP) is 2.25. The van der Waals surface area contributed by atoms with Crippen molar-refractivity contribution in [3.8, 4) is 10.6 Å². The number of halogens is 1. The van der Waals surface area contributed by atoms with Gasteiger partial charge in [-0.15, -0.1) is 11.3 Å². The van der Waals surface area contributed by atoms with Crippen LogP contribution in [0.5, 0.6) is 0 Å². The highest BCUT2D eigenvalue weighted by molar-refractivity contribution is 7.13. The van der Waals surface area contributed by atoms with E-state index in [0.717, 1.165) is 16.3 Å². The van der Waals surface area contributed by atoms with E-state index in [9.17, 15) is 0 Å². The molecule has 0 spiro atoms. The Hall–Kier alpha value is -0.980. The molecule has 1 aromatic heterocycles. The lowest BCUT2D eigenvalue weighted by atomic mass is 10.2. The zero-order chi connectivity index (χ0) is 14.4. The van der Waals surface area contributed by atoms with Crippen LogP contribution in [0.15, 0.2) is 29.6 Å². The van der Waals surface area contributed by atoms with Crippen LogP contribution < -0.4 is 0 Å². The van der Waals surface area contributed by atoms with Crippen molar-refractivity contribution < 1.29 is 10.2 Å². The van der Waals surface area contributed by atoms with Gasteiger partial charge in [-0.2, -0.15) is 0 Å².